The van der Waals surface area contributed by atoms with E-state index in [1.165, 1.54) is 5.69 Å². The Balaban J connectivity index is 1.64. The standard InChI is InChI=1S/C23H32N4O3/c1-4-24-23(25-15-17-10-11-22(30-3)21(28)13-17)26-18-7-6-12-27(16-18)19-8-5-9-20(14-19)29-2/h5,8-11,13-14,18,28H,4,6-7,12,15-16H2,1-3H3,(H2,24,25,26). The van der Waals surface area contributed by atoms with Crippen LogP contribution >= 0.6 is 0 Å². The number of methoxy groups -OCH3 is 2. The number of hydrogen-bond donors (Lipinski definition) is 3. The van der Waals surface area contributed by atoms with E-state index in [9.17, 15) is 5.11 Å². The molecule has 3 rings (SSSR count). The van der Waals surface area contributed by atoms with Crippen LogP contribution in [-0.2, 0) is 6.54 Å². The molecule has 0 bridgehead atoms. The lowest BCUT2D eigenvalue weighted by Crippen LogP contribution is -2.51. The molecule has 0 amide bonds. The van der Waals surface area contributed by atoms with E-state index in [-0.39, 0.29) is 5.75 Å². The number of anilines is 1. The molecule has 1 fully saturated rings. The molecule has 0 aliphatic carbocycles. The van der Waals surface area contributed by atoms with Gasteiger partial charge in [0, 0.05) is 37.4 Å². The Morgan fingerprint density at radius 2 is 2.07 bits per heavy atom. The molecule has 1 aliphatic heterocycles. The van der Waals surface area contributed by atoms with E-state index in [1.807, 2.05) is 18.2 Å². The molecule has 1 unspecified atom stereocenters. The largest absolute Gasteiger partial charge is 0.504 e. The molecule has 1 aliphatic rings. The second-order valence-corrected chi connectivity index (χ2v) is 7.33. The van der Waals surface area contributed by atoms with Crippen molar-refractivity contribution >= 4 is 11.6 Å². The molecular weight excluding hydrogens is 380 g/mol. The summed E-state index contributed by atoms with van der Waals surface area (Å²) in [6, 6.07) is 13.9. The normalized spacial score (nSPS) is 16.8. The fraction of sp³-hybridized carbons (Fsp3) is 0.435. The van der Waals surface area contributed by atoms with Gasteiger partial charge in [0.25, 0.3) is 0 Å². The summed E-state index contributed by atoms with van der Waals surface area (Å²) in [6.45, 7) is 5.25. The van der Waals surface area contributed by atoms with Gasteiger partial charge in [-0.15, -0.1) is 0 Å². The van der Waals surface area contributed by atoms with E-state index < -0.39 is 0 Å². The Labute approximate surface area is 178 Å². The number of nitrogens with one attached hydrogen (secondary N) is 2. The summed E-state index contributed by atoms with van der Waals surface area (Å²) < 4.78 is 10.5. The number of rotatable bonds is 7. The minimum atomic E-state index is 0.129. The molecule has 1 saturated heterocycles. The highest BCUT2D eigenvalue weighted by molar-refractivity contribution is 5.80. The van der Waals surface area contributed by atoms with Crippen molar-refractivity contribution in [3.05, 3.63) is 48.0 Å². The highest BCUT2D eigenvalue weighted by Crippen LogP contribution is 2.26. The summed E-state index contributed by atoms with van der Waals surface area (Å²) in [4.78, 5) is 7.09. The number of phenols is 1. The van der Waals surface area contributed by atoms with Gasteiger partial charge in [-0.3, -0.25) is 0 Å². The molecule has 1 atom stereocenters. The van der Waals surface area contributed by atoms with Crippen LogP contribution in [0.25, 0.3) is 0 Å². The molecule has 7 nitrogen and oxygen atoms in total. The summed E-state index contributed by atoms with van der Waals surface area (Å²) in [7, 11) is 3.24. The van der Waals surface area contributed by atoms with Crippen molar-refractivity contribution < 1.29 is 14.6 Å². The van der Waals surface area contributed by atoms with E-state index in [0.717, 1.165) is 49.7 Å². The van der Waals surface area contributed by atoms with Gasteiger partial charge >= 0.3 is 0 Å². The van der Waals surface area contributed by atoms with Crippen LogP contribution in [0, 0.1) is 0 Å². The van der Waals surface area contributed by atoms with Gasteiger partial charge in [0.1, 0.15) is 5.75 Å². The molecule has 0 aromatic heterocycles. The highest BCUT2D eigenvalue weighted by atomic mass is 16.5. The number of nitrogens with zero attached hydrogens (tertiary/aromatic N) is 2. The van der Waals surface area contributed by atoms with Crippen LogP contribution in [0.1, 0.15) is 25.3 Å². The summed E-state index contributed by atoms with van der Waals surface area (Å²) in [5.74, 6) is 2.25. The van der Waals surface area contributed by atoms with E-state index in [0.29, 0.717) is 18.3 Å². The number of benzene rings is 2. The Bertz CT molecular complexity index is 856. The fourth-order valence-corrected chi connectivity index (χ4v) is 3.65. The molecule has 2 aromatic carbocycles. The first-order chi connectivity index (χ1) is 14.6. The van der Waals surface area contributed by atoms with Crippen LogP contribution in [0.3, 0.4) is 0 Å². The Morgan fingerprint density at radius 3 is 2.80 bits per heavy atom. The summed E-state index contributed by atoms with van der Waals surface area (Å²) in [5.41, 5.74) is 2.10. The van der Waals surface area contributed by atoms with Crippen molar-refractivity contribution in [3.8, 4) is 17.2 Å². The third-order valence-corrected chi connectivity index (χ3v) is 5.19. The quantitative estimate of drug-likeness (QED) is 0.479. The second-order valence-electron chi connectivity index (χ2n) is 7.33. The van der Waals surface area contributed by atoms with Crippen LogP contribution in [0.4, 0.5) is 5.69 Å². The number of aromatic hydroxyl groups is 1. The summed E-state index contributed by atoms with van der Waals surface area (Å²) >= 11 is 0. The molecule has 3 N–H and O–H groups in total. The summed E-state index contributed by atoms with van der Waals surface area (Å²) in [5, 5.41) is 16.9. The zero-order valence-electron chi connectivity index (χ0n) is 18.0. The van der Waals surface area contributed by atoms with Gasteiger partial charge in [-0.05, 0) is 49.6 Å². The lowest BCUT2D eigenvalue weighted by Gasteiger charge is -2.35. The van der Waals surface area contributed by atoms with E-state index >= 15 is 0 Å². The van der Waals surface area contributed by atoms with Crippen LogP contribution in [-0.4, -0.2) is 51.0 Å². The first-order valence-electron chi connectivity index (χ1n) is 10.4. The summed E-state index contributed by atoms with van der Waals surface area (Å²) in [6.07, 6.45) is 2.20. The smallest absolute Gasteiger partial charge is 0.191 e. The van der Waals surface area contributed by atoms with Gasteiger partial charge < -0.3 is 30.1 Å². The molecule has 162 valence electrons. The predicted molar refractivity (Wildman–Crippen MR) is 121 cm³/mol. The third kappa shape index (κ3) is 5.72. The van der Waals surface area contributed by atoms with Gasteiger partial charge in [-0.25, -0.2) is 4.99 Å². The first kappa shape index (κ1) is 21.6. The number of hydrogen-bond acceptors (Lipinski definition) is 5. The lowest BCUT2D eigenvalue weighted by molar-refractivity contribution is 0.373. The van der Waals surface area contributed by atoms with Gasteiger partial charge in [0.15, 0.2) is 17.5 Å². The Kier molecular flexibility index (Phi) is 7.65. The maximum Gasteiger partial charge on any atom is 0.191 e. The number of aliphatic imine (C=N–C) groups is 1. The predicted octanol–water partition coefficient (Wildman–Crippen LogP) is 3.13. The van der Waals surface area contributed by atoms with Crippen molar-refractivity contribution in [1.82, 2.24) is 10.6 Å². The van der Waals surface area contributed by atoms with E-state index in [2.05, 4.69) is 34.6 Å². The van der Waals surface area contributed by atoms with Crippen molar-refractivity contribution in [2.75, 3.05) is 38.8 Å². The SMILES string of the molecule is CCNC(=NCc1ccc(OC)c(O)c1)NC1CCCN(c2cccc(OC)c2)C1. The number of phenolic OH excluding ortho intramolecular Hbond substituents is 1. The monoisotopic (exact) mass is 412 g/mol. The van der Waals surface area contributed by atoms with Crippen molar-refractivity contribution in [3.63, 3.8) is 0 Å². The number of ether oxygens (including phenoxy) is 2. The minimum Gasteiger partial charge on any atom is -0.504 e. The highest BCUT2D eigenvalue weighted by Gasteiger charge is 2.21. The molecule has 0 radical (unpaired) electrons. The average Bonchev–Trinajstić information content (AvgIpc) is 2.78. The second kappa shape index (κ2) is 10.6. The third-order valence-electron chi connectivity index (χ3n) is 5.19. The van der Waals surface area contributed by atoms with Gasteiger partial charge in [-0.1, -0.05) is 12.1 Å². The molecule has 30 heavy (non-hydrogen) atoms. The average molecular weight is 413 g/mol. The van der Waals surface area contributed by atoms with Gasteiger partial charge in [-0.2, -0.15) is 0 Å². The molecule has 0 spiro atoms. The van der Waals surface area contributed by atoms with Gasteiger partial charge in [0.05, 0.1) is 20.8 Å². The maximum absolute atomic E-state index is 9.98. The molecule has 0 saturated carbocycles. The molecule has 1 heterocycles. The van der Waals surface area contributed by atoms with Crippen molar-refractivity contribution in [2.45, 2.75) is 32.4 Å². The van der Waals surface area contributed by atoms with E-state index in [1.54, 1.807) is 26.4 Å². The zero-order valence-corrected chi connectivity index (χ0v) is 18.0. The van der Waals surface area contributed by atoms with Crippen molar-refractivity contribution in [1.29, 1.82) is 0 Å². The first-order valence-corrected chi connectivity index (χ1v) is 10.4. The van der Waals surface area contributed by atoms with Crippen LogP contribution < -0.4 is 25.0 Å². The van der Waals surface area contributed by atoms with Crippen molar-refractivity contribution in [2.24, 2.45) is 4.99 Å². The minimum absolute atomic E-state index is 0.129. The topological polar surface area (TPSA) is 78.4 Å². The number of piperidine rings is 1. The Hall–Kier alpha value is -3.09. The molecule has 7 heteroatoms. The van der Waals surface area contributed by atoms with Crippen LogP contribution in [0.15, 0.2) is 47.5 Å². The molecule has 2 aromatic rings. The zero-order chi connectivity index (χ0) is 21.3. The van der Waals surface area contributed by atoms with E-state index in [4.69, 9.17) is 14.5 Å². The fourth-order valence-electron chi connectivity index (χ4n) is 3.65. The van der Waals surface area contributed by atoms with Crippen LogP contribution in [0.2, 0.25) is 0 Å². The number of guanidine groups is 1. The molecular formula is C23H32N4O3. The van der Waals surface area contributed by atoms with Crippen LogP contribution in [0.5, 0.6) is 17.2 Å². The maximum atomic E-state index is 9.98. The lowest BCUT2D eigenvalue weighted by atomic mass is 10.0. The van der Waals surface area contributed by atoms with Gasteiger partial charge in [0.2, 0.25) is 0 Å². The Morgan fingerprint density at radius 1 is 1.20 bits per heavy atom.